The summed E-state index contributed by atoms with van der Waals surface area (Å²) in [6.45, 7) is 4.66. The quantitative estimate of drug-likeness (QED) is 0.608. The number of amides is 2. The molecule has 1 aromatic rings. The van der Waals surface area contributed by atoms with Crippen LogP contribution >= 0.6 is 0 Å². The first-order valence-electron chi connectivity index (χ1n) is 12.9. The van der Waals surface area contributed by atoms with Crippen molar-refractivity contribution in [2.45, 2.75) is 77.4 Å². The molecule has 1 saturated heterocycles. The van der Waals surface area contributed by atoms with Crippen LogP contribution in [0.3, 0.4) is 0 Å². The van der Waals surface area contributed by atoms with Gasteiger partial charge in [-0.3, -0.25) is 9.59 Å². The number of anilines is 1. The Hall–Kier alpha value is -2.57. The van der Waals surface area contributed by atoms with Crippen molar-refractivity contribution in [3.8, 4) is 5.75 Å². The lowest BCUT2D eigenvalue weighted by molar-refractivity contribution is -0.168. The minimum atomic E-state index is -0.948. The number of rotatable bonds is 7. The molecule has 1 aromatic carbocycles. The second kappa shape index (κ2) is 9.23. The van der Waals surface area contributed by atoms with E-state index in [4.69, 9.17) is 9.47 Å². The molecule has 1 heterocycles. The molecule has 2 atom stereocenters. The van der Waals surface area contributed by atoms with E-state index >= 15 is 0 Å². The third kappa shape index (κ3) is 4.41. The maximum absolute atomic E-state index is 13.8. The SMILES string of the molecule is CCOc1ccc(NC(=O)C(C)OC(=O)C2CCCN2C(=O)C23CC4CC(CC(C4)C2)C3)cc1. The van der Waals surface area contributed by atoms with Gasteiger partial charge in [-0.25, -0.2) is 4.79 Å². The Morgan fingerprint density at radius 3 is 2.26 bits per heavy atom. The molecule has 1 N–H and O–H groups in total. The largest absolute Gasteiger partial charge is 0.494 e. The van der Waals surface area contributed by atoms with Crippen molar-refractivity contribution in [2.24, 2.45) is 23.2 Å². The molecule has 0 aromatic heterocycles. The molecule has 2 amide bonds. The standard InChI is InChI=1S/C27H36N2O5/c1-3-33-22-8-6-21(7-9-22)28-24(30)17(2)34-25(31)23-5-4-10-29(23)26(32)27-14-18-11-19(15-27)13-20(12-18)16-27/h6-9,17-20,23H,3-5,10-16H2,1-2H3,(H,28,30). The van der Waals surface area contributed by atoms with Gasteiger partial charge < -0.3 is 19.7 Å². The molecule has 0 radical (unpaired) electrons. The van der Waals surface area contributed by atoms with Gasteiger partial charge in [-0.15, -0.1) is 0 Å². The zero-order chi connectivity index (χ0) is 23.9. The number of nitrogens with one attached hydrogen (secondary N) is 1. The lowest BCUT2D eigenvalue weighted by Gasteiger charge is -2.56. The topological polar surface area (TPSA) is 84.9 Å². The number of hydrogen-bond acceptors (Lipinski definition) is 5. The molecule has 0 spiro atoms. The van der Waals surface area contributed by atoms with Crippen molar-refractivity contribution in [1.82, 2.24) is 4.90 Å². The molecular formula is C27H36N2O5. The summed E-state index contributed by atoms with van der Waals surface area (Å²) in [4.78, 5) is 41.2. The molecule has 7 heteroatoms. The summed E-state index contributed by atoms with van der Waals surface area (Å²) in [5.41, 5.74) is 0.338. The van der Waals surface area contributed by atoms with Crippen molar-refractivity contribution in [3.63, 3.8) is 0 Å². The fourth-order valence-electron chi connectivity index (χ4n) is 7.28. The smallest absolute Gasteiger partial charge is 0.329 e. The van der Waals surface area contributed by atoms with Gasteiger partial charge in [0.15, 0.2) is 6.10 Å². The highest BCUT2D eigenvalue weighted by atomic mass is 16.5. The predicted molar refractivity (Wildman–Crippen MR) is 127 cm³/mol. The first-order chi connectivity index (χ1) is 16.4. The predicted octanol–water partition coefficient (Wildman–Crippen LogP) is 4.16. The highest BCUT2D eigenvalue weighted by Gasteiger charge is 2.57. The Balaban J connectivity index is 1.19. The van der Waals surface area contributed by atoms with Crippen LogP contribution in [0.1, 0.15) is 65.2 Å². The van der Waals surface area contributed by atoms with Gasteiger partial charge in [-0.05, 0) is 107 Å². The monoisotopic (exact) mass is 468 g/mol. The maximum Gasteiger partial charge on any atom is 0.329 e. The van der Waals surface area contributed by atoms with E-state index in [2.05, 4.69) is 5.32 Å². The zero-order valence-corrected chi connectivity index (χ0v) is 20.3. The average Bonchev–Trinajstić information content (AvgIpc) is 3.29. The summed E-state index contributed by atoms with van der Waals surface area (Å²) in [5.74, 6) is 2.06. The Morgan fingerprint density at radius 2 is 1.68 bits per heavy atom. The Labute approximate surface area is 201 Å². The van der Waals surface area contributed by atoms with Crippen LogP contribution < -0.4 is 10.1 Å². The summed E-state index contributed by atoms with van der Waals surface area (Å²) in [6, 6.07) is 6.48. The van der Waals surface area contributed by atoms with Crippen molar-refractivity contribution >= 4 is 23.5 Å². The zero-order valence-electron chi connectivity index (χ0n) is 20.3. The second-order valence-electron chi connectivity index (χ2n) is 10.9. The Kier molecular flexibility index (Phi) is 6.30. The average molecular weight is 469 g/mol. The third-order valence-corrected chi connectivity index (χ3v) is 8.37. The number of likely N-dealkylation sites (tertiary alicyclic amines) is 1. The number of carbonyl (C=O) groups excluding carboxylic acids is 3. The van der Waals surface area contributed by atoms with E-state index in [9.17, 15) is 14.4 Å². The minimum Gasteiger partial charge on any atom is -0.494 e. The molecule has 6 rings (SSSR count). The molecule has 4 saturated carbocycles. The highest BCUT2D eigenvalue weighted by molar-refractivity contribution is 5.96. The summed E-state index contributed by atoms with van der Waals surface area (Å²) < 4.78 is 11.0. The molecule has 1 aliphatic heterocycles. The van der Waals surface area contributed by atoms with Gasteiger partial charge in [-0.2, -0.15) is 0 Å². The molecule has 34 heavy (non-hydrogen) atoms. The van der Waals surface area contributed by atoms with Crippen LogP contribution in [0.2, 0.25) is 0 Å². The van der Waals surface area contributed by atoms with E-state index in [0.717, 1.165) is 31.4 Å². The number of ether oxygens (including phenoxy) is 2. The minimum absolute atomic E-state index is 0.164. The third-order valence-electron chi connectivity index (χ3n) is 8.37. The molecule has 4 aliphatic carbocycles. The van der Waals surface area contributed by atoms with Crippen LogP contribution in [-0.2, 0) is 19.1 Å². The van der Waals surface area contributed by atoms with Crippen molar-refractivity contribution in [2.75, 3.05) is 18.5 Å². The van der Waals surface area contributed by atoms with E-state index in [1.54, 1.807) is 36.1 Å². The number of esters is 1. The fraction of sp³-hybridized carbons (Fsp3) is 0.667. The van der Waals surface area contributed by atoms with Gasteiger partial charge in [0, 0.05) is 12.2 Å². The molecule has 7 nitrogen and oxygen atoms in total. The number of hydrogen-bond donors (Lipinski definition) is 1. The second-order valence-corrected chi connectivity index (χ2v) is 10.9. The van der Waals surface area contributed by atoms with Crippen LogP contribution in [0, 0.1) is 23.2 Å². The molecule has 4 bridgehead atoms. The van der Waals surface area contributed by atoms with Crippen molar-refractivity contribution < 1.29 is 23.9 Å². The fourth-order valence-corrected chi connectivity index (χ4v) is 7.28. The van der Waals surface area contributed by atoms with Crippen LogP contribution in [0.4, 0.5) is 5.69 Å². The normalized spacial score (nSPS) is 32.4. The van der Waals surface area contributed by atoms with Gasteiger partial charge in [0.05, 0.1) is 12.0 Å². The van der Waals surface area contributed by atoms with Crippen LogP contribution in [0.5, 0.6) is 5.75 Å². The number of nitrogens with zero attached hydrogens (tertiary/aromatic N) is 1. The van der Waals surface area contributed by atoms with Crippen LogP contribution in [0.25, 0.3) is 0 Å². The molecule has 184 valence electrons. The van der Waals surface area contributed by atoms with Gasteiger partial charge in [0.25, 0.3) is 5.91 Å². The number of carbonyl (C=O) groups is 3. The summed E-state index contributed by atoms with van der Waals surface area (Å²) in [7, 11) is 0. The lowest BCUT2D eigenvalue weighted by Crippen LogP contribution is -2.56. The Bertz CT molecular complexity index is 908. The first kappa shape index (κ1) is 23.2. The lowest BCUT2D eigenvalue weighted by atomic mass is 9.49. The van der Waals surface area contributed by atoms with E-state index in [0.29, 0.717) is 43.0 Å². The van der Waals surface area contributed by atoms with Crippen molar-refractivity contribution in [3.05, 3.63) is 24.3 Å². The van der Waals surface area contributed by atoms with E-state index in [1.807, 2.05) is 6.92 Å². The van der Waals surface area contributed by atoms with Gasteiger partial charge in [0.1, 0.15) is 11.8 Å². The molecule has 5 fully saturated rings. The molecule has 5 aliphatic rings. The van der Waals surface area contributed by atoms with Crippen LogP contribution in [0.15, 0.2) is 24.3 Å². The first-order valence-corrected chi connectivity index (χ1v) is 12.9. The summed E-state index contributed by atoms with van der Waals surface area (Å²) in [5, 5.41) is 2.78. The summed E-state index contributed by atoms with van der Waals surface area (Å²) in [6.07, 6.45) is 7.23. The van der Waals surface area contributed by atoms with E-state index < -0.39 is 24.0 Å². The molecular weight excluding hydrogens is 432 g/mol. The van der Waals surface area contributed by atoms with Crippen LogP contribution in [-0.4, -0.2) is 48.0 Å². The van der Waals surface area contributed by atoms with Gasteiger partial charge in [0.2, 0.25) is 5.91 Å². The van der Waals surface area contributed by atoms with Gasteiger partial charge >= 0.3 is 5.97 Å². The van der Waals surface area contributed by atoms with E-state index in [-0.39, 0.29) is 11.3 Å². The summed E-state index contributed by atoms with van der Waals surface area (Å²) >= 11 is 0. The Morgan fingerprint density at radius 1 is 1.06 bits per heavy atom. The van der Waals surface area contributed by atoms with Crippen molar-refractivity contribution in [1.29, 1.82) is 0 Å². The maximum atomic E-state index is 13.8. The van der Waals surface area contributed by atoms with Gasteiger partial charge in [-0.1, -0.05) is 0 Å². The molecule has 2 unspecified atom stereocenters. The highest BCUT2D eigenvalue weighted by Crippen LogP contribution is 2.60. The van der Waals surface area contributed by atoms with E-state index in [1.165, 1.54) is 19.3 Å². The number of benzene rings is 1.